The van der Waals surface area contributed by atoms with Gasteiger partial charge in [-0.15, -0.1) is 11.3 Å². The van der Waals surface area contributed by atoms with E-state index in [1.54, 1.807) is 23.5 Å². The molecule has 2 aromatic carbocycles. The van der Waals surface area contributed by atoms with Gasteiger partial charge in [0.1, 0.15) is 0 Å². The SMILES string of the molecule is CCc1ccc(S(=O)(=O)NCc2ccc(-c3csc(C)n3)cc2)cc1. The molecule has 130 valence electrons. The molecule has 0 amide bonds. The second-order valence-electron chi connectivity index (χ2n) is 5.77. The topological polar surface area (TPSA) is 59.1 Å². The molecule has 0 saturated carbocycles. The first-order valence-corrected chi connectivity index (χ1v) is 10.4. The van der Waals surface area contributed by atoms with Crippen LogP contribution in [0.5, 0.6) is 0 Å². The summed E-state index contributed by atoms with van der Waals surface area (Å²) >= 11 is 1.61. The quantitative estimate of drug-likeness (QED) is 0.707. The fourth-order valence-corrected chi connectivity index (χ4v) is 4.10. The summed E-state index contributed by atoms with van der Waals surface area (Å²) in [5, 5.41) is 3.05. The largest absolute Gasteiger partial charge is 0.242 e. The van der Waals surface area contributed by atoms with Crippen molar-refractivity contribution < 1.29 is 8.42 Å². The van der Waals surface area contributed by atoms with Crippen LogP contribution in [0.15, 0.2) is 58.8 Å². The molecular formula is C19H20N2O2S2. The first kappa shape index (κ1) is 17.8. The van der Waals surface area contributed by atoms with Gasteiger partial charge in [-0.3, -0.25) is 0 Å². The Hall–Kier alpha value is -2.02. The van der Waals surface area contributed by atoms with E-state index in [0.717, 1.165) is 33.8 Å². The van der Waals surface area contributed by atoms with Crippen molar-refractivity contribution in [1.29, 1.82) is 0 Å². The third-order valence-corrected chi connectivity index (χ3v) is 6.17. The molecule has 3 rings (SSSR count). The molecule has 0 atom stereocenters. The summed E-state index contributed by atoms with van der Waals surface area (Å²) in [7, 11) is -3.50. The van der Waals surface area contributed by atoms with Crippen LogP contribution < -0.4 is 4.72 Å². The number of rotatable bonds is 6. The molecular weight excluding hydrogens is 352 g/mol. The lowest BCUT2D eigenvalue weighted by atomic mass is 10.1. The molecule has 0 fully saturated rings. The minimum atomic E-state index is -3.50. The number of sulfonamides is 1. The maximum absolute atomic E-state index is 12.4. The predicted molar refractivity (Wildman–Crippen MR) is 102 cm³/mol. The fourth-order valence-electron chi connectivity index (χ4n) is 2.46. The summed E-state index contributed by atoms with van der Waals surface area (Å²) in [6.45, 7) is 4.27. The molecule has 25 heavy (non-hydrogen) atoms. The molecule has 6 heteroatoms. The van der Waals surface area contributed by atoms with E-state index in [1.165, 1.54) is 0 Å². The van der Waals surface area contributed by atoms with E-state index in [4.69, 9.17) is 0 Å². The van der Waals surface area contributed by atoms with Gasteiger partial charge < -0.3 is 0 Å². The van der Waals surface area contributed by atoms with E-state index in [-0.39, 0.29) is 6.54 Å². The number of nitrogens with zero attached hydrogens (tertiary/aromatic N) is 1. The Bertz CT molecular complexity index is 944. The Morgan fingerprint density at radius 1 is 1.00 bits per heavy atom. The molecule has 0 spiro atoms. The molecule has 0 aliphatic heterocycles. The average Bonchev–Trinajstić information content (AvgIpc) is 3.07. The van der Waals surface area contributed by atoms with Crippen LogP contribution >= 0.6 is 11.3 Å². The van der Waals surface area contributed by atoms with Gasteiger partial charge >= 0.3 is 0 Å². The van der Waals surface area contributed by atoms with Gasteiger partial charge in [0.15, 0.2) is 0 Å². The first-order valence-electron chi connectivity index (χ1n) is 8.08. The van der Waals surface area contributed by atoms with Crippen LogP contribution in [-0.2, 0) is 23.0 Å². The maximum atomic E-state index is 12.4. The second kappa shape index (κ2) is 7.47. The van der Waals surface area contributed by atoms with Crippen molar-refractivity contribution in [3.05, 3.63) is 70.0 Å². The summed E-state index contributed by atoms with van der Waals surface area (Å²) in [4.78, 5) is 4.75. The van der Waals surface area contributed by atoms with Gasteiger partial charge in [0.05, 0.1) is 15.6 Å². The third kappa shape index (κ3) is 4.34. The normalized spacial score (nSPS) is 11.6. The minimum Gasteiger partial charge on any atom is -0.242 e. The zero-order chi connectivity index (χ0) is 17.9. The number of hydrogen-bond donors (Lipinski definition) is 1. The molecule has 3 aromatic rings. The van der Waals surface area contributed by atoms with Crippen LogP contribution in [0.25, 0.3) is 11.3 Å². The van der Waals surface area contributed by atoms with Crippen molar-refractivity contribution in [1.82, 2.24) is 9.71 Å². The fraction of sp³-hybridized carbons (Fsp3) is 0.211. The molecule has 0 aliphatic rings. The van der Waals surface area contributed by atoms with Crippen LogP contribution in [0, 0.1) is 6.92 Å². The highest BCUT2D eigenvalue weighted by Gasteiger charge is 2.13. The Balaban J connectivity index is 1.67. The number of thiazole rings is 1. The summed E-state index contributed by atoms with van der Waals surface area (Å²) in [6, 6.07) is 14.8. The lowest BCUT2D eigenvalue weighted by Crippen LogP contribution is -2.23. The Morgan fingerprint density at radius 3 is 2.20 bits per heavy atom. The van der Waals surface area contributed by atoms with Crippen LogP contribution in [0.3, 0.4) is 0 Å². The van der Waals surface area contributed by atoms with Gasteiger partial charge in [-0.2, -0.15) is 0 Å². The van der Waals surface area contributed by atoms with E-state index in [2.05, 4.69) is 9.71 Å². The molecule has 4 nitrogen and oxygen atoms in total. The van der Waals surface area contributed by atoms with E-state index in [9.17, 15) is 8.42 Å². The van der Waals surface area contributed by atoms with Crippen molar-refractivity contribution in [2.45, 2.75) is 31.7 Å². The van der Waals surface area contributed by atoms with E-state index >= 15 is 0 Å². The second-order valence-corrected chi connectivity index (χ2v) is 8.60. The highest BCUT2D eigenvalue weighted by molar-refractivity contribution is 7.89. The zero-order valence-corrected chi connectivity index (χ0v) is 15.8. The Kier molecular flexibility index (Phi) is 5.32. The highest BCUT2D eigenvalue weighted by Crippen LogP contribution is 2.22. The van der Waals surface area contributed by atoms with Gasteiger partial charge in [-0.05, 0) is 36.6 Å². The lowest BCUT2D eigenvalue weighted by Gasteiger charge is -2.08. The Labute approximate surface area is 152 Å². The smallest absolute Gasteiger partial charge is 0.240 e. The number of aromatic nitrogens is 1. The number of nitrogens with one attached hydrogen (secondary N) is 1. The van der Waals surface area contributed by atoms with E-state index in [1.807, 2.05) is 55.6 Å². The lowest BCUT2D eigenvalue weighted by molar-refractivity contribution is 0.581. The number of aryl methyl sites for hydroxylation is 2. The molecule has 1 heterocycles. The maximum Gasteiger partial charge on any atom is 0.240 e. The molecule has 0 radical (unpaired) electrons. The van der Waals surface area contributed by atoms with Crippen molar-refractivity contribution in [2.75, 3.05) is 0 Å². The molecule has 1 N–H and O–H groups in total. The van der Waals surface area contributed by atoms with Gasteiger partial charge in [0, 0.05) is 17.5 Å². The van der Waals surface area contributed by atoms with Gasteiger partial charge in [0.2, 0.25) is 10.0 Å². The van der Waals surface area contributed by atoms with Gasteiger partial charge in [0.25, 0.3) is 0 Å². The van der Waals surface area contributed by atoms with Crippen molar-refractivity contribution in [3.63, 3.8) is 0 Å². The zero-order valence-electron chi connectivity index (χ0n) is 14.2. The monoisotopic (exact) mass is 372 g/mol. The van der Waals surface area contributed by atoms with Crippen LogP contribution in [0.1, 0.15) is 23.1 Å². The first-order chi connectivity index (χ1) is 12.0. The van der Waals surface area contributed by atoms with E-state index < -0.39 is 10.0 Å². The summed E-state index contributed by atoms with van der Waals surface area (Å²) in [5.74, 6) is 0. The average molecular weight is 373 g/mol. The van der Waals surface area contributed by atoms with Gasteiger partial charge in [-0.25, -0.2) is 18.1 Å². The van der Waals surface area contributed by atoms with Crippen molar-refractivity contribution in [2.24, 2.45) is 0 Å². The number of hydrogen-bond acceptors (Lipinski definition) is 4. The van der Waals surface area contributed by atoms with Crippen molar-refractivity contribution in [3.8, 4) is 11.3 Å². The highest BCUT2D eigenvalue weighted by atomic mass is 32.2. The Morgan fingerprint density at radius 2 is 1.64 bits per heavy atom. The molecule has 0 aliphatic carbocycles. The van der Waals surface area contributed by atoms with E-state index in [0.29, 0.717) is 4.90 Å². The summed E-state index contributed by atoms with van der Waals surface area (Å²) in [6.07, 6.45) is 0.888. The van der Waals surface area contributed by atoms with Crippen LogP contribution in [-0.4, -0.2) is 13.4 Å². The van der Waals surface area contributed by atoms with Gasteiger partial charge in [-0.1, -0.05) is 43.3 Å². The minimum absolute atomic E-state index is 0.258. The van der Waals surface area contributed by atoms with Crippen LogP contribution in [0.2, 0.25) is 0 Å². The molecule has 0 bridgehead atoms. The standard InChI is InChI=1S/C19H20N2O2S2/c1-3-15-6-10-18(11-7-15)25(22,23)20-12-16-4-8-17(9-5-16)19-13-24-14(2)21-19/h4-11,13,20H,3,12H2,1-2H3. The summed E-state index contributed by atoms with van der Waals surface area (Å²) in [5.41, 5.74) is 4.01. The van der Waals surface area contributed by atoms with Crippen LogP contribution in [0.4, 0.5) is 0 Å². The molecule has 1 aromatic heterocycles. The predicted octanol–water partition coefficient (Wildman–Crippen LogP) is 4.16. The molecule has 0 saturated heterocycles. The third-order valence-electron chi connectivity index (χ3n) is 3.98. The summed E-state index contributed by atoms with van der Waals surface area (Å²) < 4.78 is 27.4. The van der Waals surface area contributed by atoms with Crippen molar-refractivity contribution >= 4 is 21.4 Å². The molecule has 0 unspecified atom stereocenters. The number of benzene rings is 2.